The molecule has 0 aliphatic carbocycles. The summed E-state index contributed by atoms with van der Waals surface area (Å²) in [5.41, 5.74) is 3.15. The average Bonchev–Trinajstić information content (AvgIpc) is 3.61. The van der Waals surface area contributed by atoms with Crippen LogP contribution in [0.1, 0.15) is 42.3 Å². The van der Waals surface area contributed by atoms with Gasteiger partial charge >= 0.3 is 18.6 Å². The molecule has 4 heterocycles. The van der Waals surface area contributed by atoms with Crippen molar-refractivity contribution >= 4 is 5.97 Å². The number of rotatable bonds is 6. The van der Waals surface area contributed by atoms with Crippen molar-refractivity contribution in [2.75, 3.05) is 13.1 Å². The Hall–Kier alpha value is -4.34. The number of nitrogens with zero attached hydrogens (tertiary/aromatic N) is 6. The monoisotopic (exact) mass is 569 g/mol. The minimum absolute atomic E-state index is 0.0540. The SMILES string of the molecule is Fc1cc(-c2nnc(C(F)F)o2)cnc1Cn1cc(-c2ccc(C3CCNCC3)cc2)nn1.O=C(O)C(F)(F)F. The first-order chi connectivity index (χ1) is 19.0. The Balaban J connectivity index is 0.000000470. The Morgan fingerprint density at radius 3 is 2.35 bits per heavy atom. The second-order valence-corrected chi connectivity index (χ2v) is 8.65. The number of halogens is 6. The molecule has 0 unspecified atom stereocenters. The standard InChI is InChI=1S/C22H20F3N7O.C2HF3O2/c23-17-9-16(21-29-30-22(33-21)20(24)25)10-27-19(17)12-32-11-18(28-31-32)15-3-1-13(2-4-15)14-5-7-26-8-6-14;3-2(4,5)1(6)7/h1-4,9-11,14,20,26H,5-8,12H2;(H,6,7). The molecule has 2 N–H and O–H groups in total. The number of piperidine rings is 1. The van der Waals surface area contributed by atoms with Gasteiger partial charge in [-0.05, 0) is 43.5 Å². The van der Waals surface area contributed by atoms with Gasteiger partial charge in [-0.25, -0.2) is 13.9 Å². The third-order valence-corrected chi connectivity index (χ3v) is 5.90. The van der Waals surface area contributed by atoms with E-state index in [1.54, 1.807) is 6.20 Å². The molecule has 3 aromatic heterocycles. The van der Waals surface area contributed by atoms with Gasteiger partial charge in [0.25, 0.3) is 5.89 Å². The summed E-state index contributed by atoms with van der Waals surface area (Å²) in [4.78, 5) is 13.0. The van der Waals surface area contributed by atoms with Crippen LogP contribution in [0.15, 0.2) is 47.1 Å². The molecule has 40 heavy (non-hydrogen) atoms. The van der Waals surface area contributed by atoms with Crippen LogP contribution >= 0.6 is 0 Å². The van der Waals surface area contributed by atoms with Crippen molar-refractivity contribution in [3.05, 3.63) is 65.7 Å². The molecule has 1 aliphatic rings. The number of carbonyl (C=O) groups is 1. The average molecular weight is 569 g/mol. The van der Waals surface area contributed by atoms with Crippen LogP contribution in [0.25, 0.3) is 22.7 Å². The number of aromatic nitrogens is 6. The molecule has 10 nitrogen and oxygen atoms in total. The highest BCUT2D eigenvalue weighted by atomic mass is 19.4. The van der Waals surface area contributed by atoms with E-state index in [-0.39, 0.29) is 23.7 Å². The van der Waals surface area contributed by atoms with Gasteiger partial charge in [-0.1, -0.05) is 29.5 Å². The van der Waals surface area contributed by atoms with E-state index in [2.05, 4.69) is 42.9 Å². The van der Waals surface area contributed by atoms with Crippen molar-refractivity contribution < 1.29 is 40.7 Å². The molecule has 0 bridgehead atoms. The second-order valence-electron chi connectivity index (χ2n) is 8.65. The van der Waals surface area contributed by atoms with Gasteiger partial charge in [0.2, 0.25) is 5.89 Å². The molecule has 1 aliphatic heterocycles. The van der Waals surface area contributed by atoms with Crippen molar-refractivity contribution in [3.8, 4) is 22.7 Å². The molecule has 1 saturated heterocycles. The number of hydrogen-bond acceptors (Lipinski definition) is 8. The van der Waals surface area contributed by atoms with E-state index in [9.17, 15) is 26.3 Å². The van der Waals surface area contributed by atoms with Crippen molar-refractivity contribution in [2.24, 2.45) is 0 Å². The van der Waals surface area contributed by atoms with Gasteiger partial charge in [0.05, 0.1) is 24.0 Å². The zero-order valence-corrected chi connectivity index (χ0v) is 20.4. The first-order valence-corrected chi connectivity index (χ1v) is 11.8. The van der Waals surface area contributed by atoms with Crippen LogP contribution in [0.4, 0.5) is 26.3 Å². The molecule has 16 heteroatoms. The molecular weight excluding hydrogens is 548 g/mol. The lowest BCUT2D eigenvalue weighted by Crippen LogP contribution is -2.26. The summed E-state index contributed by atoms with van der Waals surface area (Å²) in [7, 11) is 0. The van der Waals surface area contributed by atoms with Crippen LogP contribution in [0, 0.1) is 5.82 Å². The highest BCUT2D eigenvalue weighted by Gasteiger charge is 2.38. The summed E-state index contributed by atoms with van der Waals surface area (Å²) in [6, 6.07) is 9.42. The molecule has 5 rings (SSSR count). The molecule has 0 saturated carbocycles. The molecule has 212 valence electrons. The first-order valence-electron chi connectivity index (χ1n) is 11.8. The Morgan fingerprint density at radius 1 is 1.10 bits per heavy atom. The van der Waals surface area contributed by atoms with E-state index < -0.39 is 30.3 Å². The number of nitrogens with one attached hydrogen (secondary N) is 1. The van der Waals surface area contributed by atoms with Crippen LogP contribution in [-0.2, 0) is 11.3 Å². The van der Waals surface area contributed by atoms with Gasteiger partial charge in [0, 0.05) is 11.8 Å². The zero-order valence-electron chi connectivity index (χ0n) is 20.4. The van der Waals surface area contributed by atoms with Gasteiger partial charge in [-0.2, -0.15) is 22.0 Å². The predicted molar refractivity (Wildman–Crippen MR) is 126 cm³/mol. The fourth-order valence-electron chi connectivity index (χ4n) is 3.88. The minimum Gasteiger partial charge on any atom is -0.475 e. The quantitative estimate of drug-likeness (QED) is 0.320. The van der Waals surface area contributed by atoms with Crippen molar-refractivity contribution in [2.45, 2.75) is 37.9 Å². The molecule has 0 atom stereocenters. The third kappa shape index (κ3) is 7.19. The topological polar surface area (TPSA) is 132 Å². The number of benzene rings is 1. The largest absolute Gasteiger partial charge is 0.490 e. The number of carboxylic acid groups (broad SMARTS) is 1. The Morgan fingerprint density at radius 2 is 1.77 bits per heavy atom. The third-order valence-electron chi connectivity index (χ3n) is 5.90. The predicted octanol–water partition coefficient (Wildman–Crippen LogP) is 4.62. The summed E-state index contributed by atoms with van der Waals surface area (Å²) in [5.74, 6) is -3.88. The van der Waals surface area contributed by atoms with E-state index in [0.29, 0.717) is 11.6 Å². The molecular formula is C24H21F6N7O3. The van der Waals surface area contributed by atoms with Gasteiger partial charge in [0.15, 0.2) is 0 Å². The lowest BCUT2D eigenvalue weighted by Gasteiger charge is -2.23. The number of hydrogen-bond donors (Lipinski definition) is 2. The maximum atomic E-state index is 14.6. The van der Waals surface area contributed by atoms with E-state index in [1.807, 2.05) is 12.1 Å². The van der Waals surface area contributed by atoms with E-state index in [4.69, 9.17) is 14.3 Å². The summed E-state index contributed by atoms with van der Waals surface area (Å²) in [6.07, 6.45) is -2.70. The summed E-state index contributed by atoms with van der Waals surface area (Å²) in [5, 5.41) is 25.5. The smallest absolute Gasteiger partial charge is 0.475 e. The number of alkyl halides is 5. The number of carboxylic acids is 1. The normalized spacial score (nSPS) is 14.2. The van der Waals surface area contributed by atoms with Crippen LogP contribution in [0.5, 0.6) is 0 Å². The Labute approximate surface area is 222 Å². The zero-order chi connectivity index (χ0) is 28.9. The van der Waals surface area contributed by atoms with E-state index >= 15 is 0 Å². The molecule has 1 fully saturated rings. The van der Waals surface area contributed by atoms with Crippen molar-refractivity contribution in [3.63, 3.8) is 0 Å². The fourth-order valence-corrected chi connectivity index (χ4v) is 3.88. The van der Waals surface area contributed by atoms with Crippen LogP contribution in [0.3, 0.4) is 0 Å². The van der Waals surface area contributed by atoms with Gasteiger partial charge < -0.3 is 14.8 Å². The summed E-state index contributed by atoms with van der Waals surface area (Å²) in [6.45, 7) is 2.13. The summed E-state index contributed by atoms with van der Waals surface area (Å²) >= 11 is 0. The van der Waals surface area contributed by atoms with E-state index in [1.165, 1.54) is 16.4 Å². The van der Waals surface area contributed by atoms with Crippen molar-refractivity contribution in [1.82, 2.24) is 35.5 Å². The highest BCUT2D eigenvalue weighted by molar-refractivity contribution is 5.73. The fraction of sp³-hybridized carbons (Fsp3) is 0.333. The van der Waals surface area contributed by atoms with Gasteiger partial charge in [-0.15, -0.1) is 15.3 Å². The Kier molecular flexibility index (Phi) is 8.77. The van der Waals surface area contributed by atoms with Crippen LogP contribution in [0.2, 0.25) is 0 Å². The van der Waals surface area contributed by atoms with Crippen LogP contribution < -0.4 is 5.32 Å². The molecule has 4 aromatic rings. The highest BCUT2D eigenvalue weighted by Crippen LogP contribution is 2.28. The first kappa shape index (κ1) is 28.7. The maximum Gasteiger partial charge on any atom is 0.490 e. The summed E-state index contributed by atoms with van der Waals surface area (Å²) < 4.78 is 77.8. The lowest BCUT2D eigenvalue weighted by atomic mass is 9.90. The van der Waals surface area contributed by atoms with E-state index in [0.717, 1.165) is 37.6 Å². The van der Waals surface area contributed by atoms with Gasteiger partial charge in [0.1, 0.15) is 11.5 Å². The van der Waals surface area contributed by atoms with Crippen LogP contribution in [-0.4, -0.2) is 60.5 Å². The lowest BCUT2D eigenvalue weighted by molar-refractivity contribution is -0.192. The maximum absolute atomic E-state index is 14.6. The second kappa shape index (κ2) is 12.2. The molecule has 0 radical (unpaired) electrons. The van der Waals surface area contributed by atoms with Crippen molar-refractivity contribution in [1.29, 1.82) is 0 Å². The number of pyridine rings is 1. The molecule has 0 amide bonds. The minimum atomic E-state index is -5.08. The molecule has 1 aromatic carbocycles. The van der Waals surface area contributed by atoms with Gasteiger partial charge in [-0.3, -0.25) is 4.98 Å². The Bertz CT molecular complexity index is 1430. The number of aliphatic carboxylic acids is 1. The molecule has 0 spiro atoms.